The van der Waals surface area contributed by atoms with Gasteiger partial charge in [0.1, 0.15) is 6.04 Å². The van der Waals surface area contributed by atoms with Gasteiger partial charge < -0.3 is 34.9 Å². The Morgan fingerprint density at radius 3 is 2.41 bits per heavy atom. The highest BCUT2D eigenvalue weighted by Gasteiger charge is 2.41. The topological polar surface area (TPSA) is 113 Å². The average Bonchev–Trinajstić information content (AvgIpc) is 3.81. The van der Waals surface area contributed by atoms with Crippen molar-refractivity contribution in [2.45, 2.75) is 76.2 Å². The summed E-state index contributed by atoms with van der Waals surface area (Å²) >= 11 is 0. The number of esters is 1. The van der Waals surface area contributed by atoms with Crippen molar-refractivity contribution in [1.29, 1.82) is 0 Å². The first kappa shape index (κ1) is 35.0. The van der Waals surface area contributed by atoms with E-state index in [1.54, 1.807) is 6.07 Å². The van der Waals surface area contributed by atoms with Crippen molar-refractivity contribution in [3.8, 4) is 0 Å². The van der Waals surface area contributed by atoms with E-state index in [1.165, 1.54) is 45.9 Å². The minimum atomic E-state index is -0.847. The smallest absolute Gasteiger partial charge is 0.328 e. The Kier molecular flexibility index (Phi) is 12.0. The van der Waals surface area contributed by atoms with Crippen molar-refractivity contribution < 1.29 is 28.9 Å². The first-order chi connectivity index (χ1) is 23.9. The summed E-state index contributed by atoms with van der Waals surface area (Å²) in [5.74, 6) is -0.438. The third-order valence-corrected chi connectivity index (χ3v) is 10.2. The van der Waals surface area contributed by atoms with Crippen molar-refractivity contribution in [3.63, 3.8) is 0 Å². The van der Waals surface area contributed by atoms with Gasteiger partial charge in [0.2, 0.25) is 0 Å². The van der Waals surface area contributed by atoms with E-state index in [4.69, 9.17) is 14.2 Å². The van der Waals surface area contributed by atoms with Crippen LogP contribution in [0.5, 0.6) is 0 Å². The zero-order valence-electron chi connectivity index (χ0n) is 28.6. The van der Waals surface area contributed by atoms with Gasteiger partial charge in [0, 0.05) is 42.7 Å². The molecule has 3 aromatic carbocycles. The molecule has 0 aliphatic carbocycles. The highest BCUT2D eigenvalue weighted by atomic mass is 16.7. The molecule has 3 aliphatic heterocycles. The van der Waals surface area contributed by atoms with E-state index in [1.807, 2.05) is 72.8 Å². The number of methoxy groups -OCH3 is 1. The van der Waals surface area contributed by atoms with Crippen LogP contribution in [-0.4, -0.2) is 84.9 Å². The summed E-state index contributed by atoms with van der Waals surface area (Å²) in [6, 6.07) is 24.1. The van der Waals surface area contributed by atoms with Gasteiger partial charge in [-0.15, -0.1) is 0 Å². The molecule has 0 aromatic heterocycles. The summed E-state index contributed by atoms with van der Waals surface area (Å²) in [6.45, 7) is 7.59. The van der Waals surface area contributed by atoms with Gasteiger partial charge in [-0.3, -0.25) is 4.90 Å². The Morgan fingerprint density at radius 2 is 1.67 bits per heavy atom. The quantitative estimate of drug-likeness (QED) is 0.219. The number of anilines is 1. The number of hydrogen-bond donors (Lipinski definition) is 3. The van der Waals surface area contributed by atoms with Crippen molar-refractivity contribution in [2.75, 3.05) is 45.2 Å². The Balaban J connectivity index is 1.18. The fourth-order valence-corrected chi connectivity index (χ4v) is 7.44. The molecule has 3 saturated heterocycles. The monoisotopic (exact) mass is 670 g/mol. The van der Waals surface area contributed by atoms with Crippen LogP contribution in [0.2, 0.25) is 0 Å². The van der Waals surface area contributed by atoms with Crippen LogP contribution in [0.3, 0.4) is 0 Å². The Labute approximate surface area is 289 Å². The van der Waals surface area contributed by atoms with Crippen LogP contribution >= 0.6 is 0 Å². The number of nitrogens with zero attached hydrogens (tertiary/aromatic N) is 2. The predicted octanol–water partition coefficient (Wildman–Crippen LogP) is 5.44. The molecule has 3 heterocycles. The number of carbonyl (C=O) groups is 2. The lowest BCUT2D eigenvalue weighted by atomic mass is 9.90. The molecule has 10 nitrogen and oxygen atoms in total. The lowest BCUT2D eigenvalue weighted by Gasteiger charge is -2.43. The fourth-order valence-electron chi connectivity index (χ4n) is 7.44. The van der Waals surface area contributed by atoms with Gasteiger partial charge in [0.25, 0.3) is 0 Å². The van der Waals surface area contributed by atoms with E-state index in [0.29, 0.717) is 18.2 Å². The third kappa shape index (κ3) is 9.06. The van der Waals surface area contributed by atoms with Crippen LogP contribution in [0.15, 0.2) is 78.9 Å². The maximum atomic E-state index is 13.1. The predicted molar refractivity (Wildman–Crippen MR) is 188 cm³/mol. The van der Waals surface area contributed by atoms with E-state index in [9.17, 15) is 14.7 Å². The zero-order chi connectivity index (χ0) is 34.2. The van der Waals surface area contributed by atoms with Gasteiger partial charge in [-0.2, -0.15) is 0 Å². The molecule has 3 N–H and O–H groups in total. The van der Waals surface area contributed by atoms with E-state index >= 15 is 0 Å². The molecule has 0 spiro atoms. The lowest BCUT2D eigenvalue weighted by molar-refractivity contribution is -0.276. The number of likely N-dealkylation sites (tertiary alicyclic amines) is 2. The second-order valence-corrected chi connectivity index (χ2v) is 13.6. The summed E-state index contributed by atoms with van der Waals surface area (Å²) < 4.78 is 18.5. The molecule has 6 atom stereocenters. The Bertz CT molecular complexity index is 1520. The number of nitrogens with one attached hydrogen (secondary N) is 2. The Morgan fingerprint density at radius 1 is 0.898 bits per heavy atom. The molecule has 3 aromatic rings. The van der Waals surface area contributed by atoms with Gasteiger partial charge in [0.15, 0.2) is 6.29 Å². The van der Waals surface area contributed by atoms with E-state index in [0.717, 1.165) is 41.9 Å². The third-order valence-electron chi connectivity index (χ3n) is 10.2. The van der Waals surface area contributed by atoms with Crippen molar-refractivity contribution >= 4 is 17.7 Å². The van der Waals surface area contributed by atoms with Crippen LogP contribution in [0.4, 0.5) is 10.5 Å². The number of aliphatic hydroxyl groups excluding tert-OH is 1. The highest BCUT2D eigenvalue weighted by Crippen LogP contribution is 2.42. The molecule has 49 heavy (non-hydrogen) atoms. The van der Waals surface area contributed by atoms with Crippen LogP contribution in [-0.2, 0) is 32.0 Å². The maximum Gasteiger partial charge on any atom is 0.328 e. The summed E-state index contributed by atoms with van der Waals surface area (Å²) in [7, 11) is 1.31. The standard InChI is InChI=1S/C39H50N4O6/c1-27-35(25-43-21-9-14-33(43)24-42-19-6-7-20-42)48-38(49-36(27)30-17-15-29(26-44)16-18-30)31-12-8-13-32(23-31)40-39(46)41-34(37(45)47-2)22-28-10-4-3-5-11-28/h3-5,8,10-13,15-18,23,27,33-36,38,44H,6-7,9,14,19-22,24-26H2,1-2H3,(H2,40,41,46)/t27-,33+,34+,35+,36+,38+/m1/s1. The molecule has 3 fully saturated rings. The second-order valence-electron chi connectivity index (χ2n) is 13.6. The average molecular weight is 671 g/mol. The molecular weight excluding hydrogens is 620 g/mol. The van der Waals surface area contributed by atoms with Crippen LogP contribution in [0.25, 0.3) is 0 Å². The molecule has 0 saturated carbocycles. The zero-order valence-corrected chi connectivity index (χ0v) is 28.6. The molecule has 262 valence electrons. The molecule has 2 amide bonds. The molecule has 0 unspecified atom stereocenters. The summed E-state index contributed by atoms with van der Waals surface area (Å²) in [5, 5.41) is 15.3. The normalized spacial score (nSPS) is 25.2. The van der Waals surface area contributed by atoms with Crippen LogP contribution < -0.4 is 10.6 Å². The SMILES string of the molecule is COC(=O)[C@H](Cc1ccccc1)NC(=O)Nc1cccc([C@H]2O[C@@H](CN3CCC[C@H]3CN3CCCC3)[C@@H](C)[C@@H](c3ccc(CO)cc3)O2)c1. The molecule has 0 bridgehead atoms. The molecule has 6 rings (SSSR count). The summed E-state index contributed by atoms with van der Waals surface area (Å²) in [5.41, 5.74) is 4.14. The van der Waals surface area contributed by atoms with E-state index in [2.05, 4.69) is 27.4 Å². The Hall–Kier alpha value is -3.80. The largest absolute Gasteiger partial charge is 0.467 e. The minimum absolute atomic E-state index is 0.0108. The van der Waals surface area contributed by atoms with Gasteiger partial charge in [-0.05, 0) is 74.1 Å². The van der Waals surface area contributed by atoms with Gasteiger partial charge >= 0.3 is 12.0 Å². The first-order valence-electron chi connectivity index (χ1n) is 17.7. The number of aliphatic hydroxyl groups is 1. The van der Waals surface area contributed by atoms with Crippen LogP contribution in [0, 0.1) is 5.92 Å². The van der Waals surface area contributed by atoms with E-state index < -0.39 is 24.3 Å². The van der Waals surface area contributed by atoms with Crippen LogP contribution in [0.1, 0.15) is 67.3 Å². The first-order valence-corrected chi connectivity index (χ1v) is 17.7. The number of benzene rings is 3. The summed E-state index contributed by atoms with van der Waals surface area (Å²) in [4.78, 5) is 30.9. The molecule has 3 aliphatic rings. The maximum absolute atomic E-state index is 13.1. The van der Waals surface area contributed by atoms with Crippen molar-refractivity contribution in [1.82, 2.24) is 15.1 Å². The van der Waals surface area contributed by atoms with Gasteiger partial charge in [0.05, 0.1) is 25.9 Å². The fraction of sp³-hybridized carbons (Fsp3) is 0.487. The second kappa shape index (κ2) is 16.7. The highest BCUT2D eigenvalue weighted by molar-refractivity contribution is 5.92. The molecular formula is C39H50N4O6. The number of amides is 2. The lowest BCUT2D eigenvalue weighted by Crippen LogP contribution is -2.48. The minimum Gasteiger partial charge on any atom is -0.467 e. The number of hydrogen-bond acceptors (Lipinski definition) is 8. The number of carbonyl (C=O) groups excluding carboxylic acids is 2. The number of rotatable bonds is 12. The molecule has 0 radical (unpaired) electrons. The van der Waals surface area contributed by atoms with Gasteiger partial charge in [-0.25, -0.2) is 9.59 Å². The van der Waals surface area contributed by atoms with Crippen molar-refractivity contribution in [2.24, 2.45) is 5.92 Å². The van der Waals surface area contributed by atoms with Gasteiger partial charge in [-0.1, -0.05) is 73.7 Å². The van der Waals surface area contributed by atoms with Crippen molar-refractivity contribution in [3.05, 3.63) is 101 Å². The summed E-state index contributed by atoms with van der Waals surface area (Å²) in [6.07, 6.45) is 4.33. The van der Waals surface area contributed by atoms with E-state index in [-0.39, 0.29) is 24.7 Å². The number of ether oxygens (including phenoxy) is 3. The number of urea groups is 1. The molecule has 10 heteroatoms.